The highest BCUT2D eigenvalue weighted by Crippen LogP contribution is 2.11. The van der Waals surface area contributed by atoms with Gasteiger partial charge in [-0.3, -0.25) is 14.4 Å². The predicted molar refractivity (Wildman–Crippen MR) is 131 cm³/mol. The molecule has 196 valence electrons. The first kappa shape index (κ1) is 28.6. The molecule has 0 spiro atoms. The molecular formula is C22H30N6O7S. The van der Waals surface area contributed by atoms with Gasteiger partial charge in [0.2, 0.25) is 17.7 Å². The number of aliphatic hydroxyl groups excluding tert-OH is 1. The van der Waals surface area contributed by atoms with Crippen molar-refractivity contribution in [2.24, 2.45) is 5.73 Å². The number of amides is 3. The van der Waals surface area contributed by atoms with Crippen LogP contribution in [0.3, 0.4) is 0 Å². The molecule has 0 saturated heterocycles. The van der Waals surface area contributed by atoms with Gasteiger partial charge in [0.15, 0.2) is 0 Å². The number of nitrogens with two attached hydrogens (primary N) is 1. The van der Waals surface area contributed by atoms with Gasteiger partial charge in [0.25, 0.3) is 0 Å². The van der Waals surface area contributed by atoms with Gasteiger partial charge in [-0.1, -0.05) is 12.1 Å². The zero-order valence-electron chi connectivity index (χ0n) is 19.4. The number of H-pyrrole nitrogens is 1. The molecule has 2 rings (SSSR count). The SMILES string of the molecule is CC(O)C(NC(=O)C(CS)NC(=O)C(N)Cc1ccc(O)cc1)C(=O)NC(Cc1cnc[nH]1)C(=O)O. The van der Waals surface area contributed by atoms with Gasteiger partial charge in [-0.05, 0) is 31.0 Å². The number of hydrogen-bond acceptors (Lipinski definition) is 9. The van der Waals surface area contributed by atoms with E-state index in [1.54, 1.807) is 12.1 Å². The standard InChI is InChI=1S/C22H30N6O7S/c1-11(29)18(21(33)26-16(22(34)35)7-13-8-24-10-25-13)28-20(32)17(9-36)27-19(31)15(23)6-12-2-4-14(30)5-3-12/h2-5,8,10-11,15-18,29-30,36H,6-7,9,23H2,1H3,(H,24,25)(H,26,33)(H,27,31)(H,28,32)(H,34,35). The number of phenols is 1. The van der Waals surface area contributed by atoms with Crippen LogP contribution in [0.1, 0.15) is 18.2 Å². The third-order valence-corrected chi connectivity index (χ3v) is 5.57. The molecule has 1 aromatic carbocycles. The number of nitrogens with one attached hydrogen (secondary N) is 4. The number of phenolic OH excluding ortho intramolecular Hbond substituents is 1. The average molecular weight is 523 g/mol. The minimum absolute atomic E-state index is 0.0660. The van der Waals surface area contributed by atoms with Crippen LogP contribution in [0.4, 0.5) is 0 Å². The van der Waals surface area contributed by atoms with E-state index >= 15 is 0 Å². The molecule has 13 nitrogen and oxygen atoms in total. The highest BCUT2D eigenvalue weighted by Gasteiger charge is 2.32. The molecule has 36 heavy (non-hydrogen) atoms. The number of aromatic amines is 1. The van der Waals surface area contributed by atoms with E-state index in [0.29, 0.717) is 11.3 Å². The van der Waals surface area contributed by atoms with Gasteiger partial charge in [-0.25, -0.2) is 9.78 Å². The lowest BCUT2D eigenvalue weighted by atomic mass is 10.1. The molecule has 3 amide bonds. The Morgan fingerprint density at radius 3 is 2.19 bits per heavy atom. The van der Waals surface area contributed by atoms with Gasteiger partial charge < -0.3 is 42.0 Å². The number of hydrogen-bond donors (Lipinski definition) is 9. The summed E-state index contributed by atoms with van der Waals surface area (Å²) in [5.74, 6) is -3.81. The summed E-state index contributed by atoms with van der Waals surface area (Å²) in [4.78, 5) is 56.1. The molecule has 2 aromatic rings. The van der Waals surface area contributed by atoms with Gasteiger partial charge in [0.05, 0.1) is 18.5 Å². The number of imidazole rings is 1. The van der Waals surface area contributed by atoms with Crippen molar-refractivity contribution >= 4 is 36.3 Å². The van der Waals surface area contributed by atoms with Gasteiger partial charge in [-0.2, -0.15) is 12.6 Å². The largest absolute Gasteiger partial charge is 0.508 e. The lowest BCUT2D eigenvalue weighted by molar-refractivity contribution is -0.143. The number of carboxylic acids is 1. The van der Waals surface area contributed by atoms with Crippen LogP contribution in [-0.2, 0) is 32.0 Å². The second kappa shape index (κ2) is 13.5. The summed E-state index contributed by atoms with van der Waals surface area (Å²) < 4.78 is 0. The molecule has 5 atom stereocenters. The Labute approximate surface area is 212 Å². The number of benzene rings is 1. The van der Waals surface area contributed by atoms with Crippen molar-refractivity contribution in [2.45, 2.75) is 50.0 Å². The summed E-state index contributed by atoms with van der Waals surface area (Å²) in [7, 11) is 0. The lowest BCUT2D eigenvalue weighted by Crippen LogP contribution is -2.60. The Hall–Kier alpha value is -3.62. The van der Waals surface area contributed by atoms with E-state index in [1.165, 1.54) is 31.6 Å². The summed E-state index contributed by atoms with van der Waals surface area (Å²) in [5, 5.41) is 35.9. The highest BCUT2D eigenvalue weighted by atomic mass is 32.1. The van der Waals surface area contributed by atoms with Crippen LogP contribution in [0.5, 0.6) is 5.75 Å². The second-order valence-electron chi connectivity index (χ2n) is 8.13. The molecule has 0 aliphatic rings. The number of rotatable bonds is 13. The number of aromatic hydroxyl groups is 1. The van der Waals surface area contributed by atoms with Gasteiger partial charge >= 0.3 is 5.97 Å². The number of aromatic nitrogens is 2. The summed E-state index contributed by atoms with van der Waals surface area (Å²) in [5.41, 5.74) is 7.08. The molecule has 1 aromatic heterocycles. The molecule has 14 heteroatoms. The number of thiol groups is 1. The Kier molecular flexibility index (Phi) is 10.7. The number of carbonyl (C=O) groups excluding carboxylic acids is 3. The maximum atomic E-state index is 12.8. The van der Waals surface area contributed by atoms with E-state index in [9.17, 15) is 34.5 Å². The minimum Gasteiger partial charge on any atom is -0.508 e. The fourth-order valence-corrected chi connectivity index (χ4v) is 3.45. The fraction of sp³-hybridized carbons (Fsp3) is 0.409. The molecule has 9 N–H and O–H groups in total. The Bertz CT molecular complexity index is 1030. The van der Waals surface area contributed by atoms with Crippen LogP contribution < -0.4 is 21.7 Å². The molecule has 0 radical (unpaired) electrons. The van der Waals surface area contributed by atoms with Crippen molar-refractivity contribution in [3.05, 3.63) is 48.0 Å². The zero-order chi connectivity index (χ0) is 26.8. The quantitative estimate of drug-likeness (QED) is 0.134. The molecule has 0 aliphatic heterocycles. The third kappa shape index (κ3) is 8.55. The lowest BCUT2D eigenvalue weighted by Gasteiger charge is -2.26. The Morgan fingerprint density at radius 1 is 1.03 bits per heavy atom. The van der Waals surface area contributed by atoms with Gasteiger partial charge in [-0.15, -0.1) is 0 Å². The molecule has 0 bridgehead atoms. The van der Waals surface area contributed by atoms with Crippen molar-refractivity contribution in [3.8, 4) is 5.75 Å². The Morgan fingerprint density at radius 2 is 1.67 bits per heavy atom. The van der Waals surface area contributed by atoms with Crippen LogP contribution in [0, 0.1) is 0 Å². The van der Waals surface area contributed by atoms with Crippen molar-refractivity contribution in [1.29, 1.82) is 0 Å². The molecular weight excluding hydrogens is 492 g/mol. The summed E-state index contributed by atoms with van der Waals surface area (Å²) in [6, 6.07) is 1.05. The van der Waals surface area contributed by atoms with Crippen molar-refractivity contribution < 1.29 is 34.5 Å². The fourth-order valence-electron chi connectivity index (χ4n) is 3.19. The van der Waals surface area contributed by atoms with E-state index in [2.05, 4.69) is 38.5 Å². The molecule has 1 heterocycles. The molecule has 0 aliphatic carbocycles. The summed E-state index contributed by atoms with van der Waals surface area (Å²) in [6.45, 7) is 1.25. The van der Waals surface area contributed by atoms with Crippen molar-refractivity contribution in [1.82, 2.24) is 25.9 Å². The molecule has 0 saturated carbocycles. The number of carbonyl (C=O) groups is 4. The van der Waals surface area contributed by atoms with E-state index < -0.39 is 54.0 Å². The van der Waals surface area contributed by atoms with Crippen LogP contribution in [0.2, 0.25) is 0 Å². The predicted octanol–water partition coefficient (Wildman–Crippen LogP) is -1.92. The first-order valence-electron chi connectivity index (χ1n) is 10.9. The monoisotopic (exact) mass is 522 g/mol. The van der Waals surface area contributed by atoms with Gasteiger partial charge in [0, 0.05) is 24.1 Å². The van der Waals surface area contributed by atoms with Crippen LogP contribution in [0.15, 0.2) is 36.8 Å². The smallest absolute Gasteiger partial charge is 0.326 e. The van der Waals surface area contributed by atoms with Crippen LogP contribution in [-0.4, -0.2) is 85.0 Å². The first-order chi connectivity index (χ1) is 17.0. The number of aliphatic carboxylic acids is 1. The van der Waals surface area contributed by atoms with Gasteiger partial charge in [0.1, 0.15) is 23.9 Å². The maximum Gasteiger partial charge on any atom is 0.326 e. The highest BCUT2D eigenvalue weighted by molar-refractivity contribution is 7.80. The summed E-state index contributed by atoms with van der Waals surface area (Å²) >= 11 is 4.07. The van der Waals surface area contributed by atoms with Crippen LogP contribution in [0.25, 0.3) is 0 Å². The molecule has 0 fully saturated rings. The second-order valence-corrected chi connectivity index (χ2v) is 8.49. The number of nitrogens with zero attached hydrogens (tertiary/aromatic N) is 1. The van der Waals surface area contributed by atoms with E-state index in [0.717, 1.165) is 0 Å². The minimum atomic E-state index is -1.51. The topological polar surface area (TPSA) is 220 Å². The van der Waals surface area contributed by atoms with E-state index in [1.807, 2.05) is 0 Å². The van der Waals surface area contributed by atoms with Crippen molar-refractivity contribution in [3.63, 3.8) is 0 Å². The summed E-state index contributed by atoms with van der Waals surface area (Å²) in [6.07, 6.45) is 1.41. The first-order valence-corrected chi connectivity index (χ1v) is 11.6. The third-order valence-electron chi connectivity index (χ3n) is 5.20. The van der Waals surface area contributed by atoms with Crippen LogP contribution >= 0.6 is 12.6 Å². The van der Waals surface area contributed by atoms with E-state index in [4.69, 9.17) is 5.73 Å². The Balaban J connectivity index is 2.00. The number of carboxylic acid groups (broad SMARTS) is 1. The normalized spacial score (nSPS) is 15.1. The number of aliphatic hydroxyl groups is 1. The molecule has 5 unspecified atom stereocenters. The maximum absolute atomic E-state index is 12.8. The van der Waals surface area contributed by atoms with Crippen molar-refractivity contribution in [2.75, 3.05) is 5.75 Å². The zero-order valence-corrected chi connectivity index (χ0v) is 20.3. The average Bonchev–Trinajstić information content (AvgIpc) is 3.34. The van der Waals surface area contributed by atoms with E-state index in [-0.39, 0.29) is 24.3 Å².